The third kappa shape index (κ3) is 2.18. The molecule has 0 aromatic rings. The van der Waals surface area contributed by atoms with Crippen LogP contribution in [-0.2, 0) is 9.53 Å². The first kappa shape index (κ1) is 15.7. The summed E-state index contributed by atoms with van der Waals surface area (Å²) in [5, 5.41) is 11.3. The van der Waals surface area contributed by atoms with Crippen molar-refractivity contribution in [2.24, 2.45) is 17.3 Å². The van der Waals surface area contributed by atoms with Crippen molar-refractivity contribution in [1.29, 1.82) is 0 Å². The van der Waals surface area contributed by atoms with Gasteiger partial charge in [0.05, 0.1) is 12.0 Å². The molecule has 0 aromatic carbocycles. The van der Waals surface area contributed by atoms with Gasteiger partial charge in [-0.25, -0.2) is 0 Å². The monoisotopic (exact) mass is 315 g/mol. The average molecular weight is 315 g/mol. The molecule has 0 N–H and O–H groups in total. The Morgan fingerprint density at radius 1 is 1.39 bits per heavy atom. The maximum atomic E-state index is 12.8. The van der Waals surface area contributed by atoms with Crippen LogP contribution in [0.1, 0.15) is 33.6 Å². The Morgan fingerprint density at radius 2 is 2.09 bits per heavy atom. The quantitative estimate of drug-likeness (QED) is 0.577. The fraction of sp³-hybridized carbons (Fsp3) is 0.500. The van der Waals surface area contributed by atoms with Gasteiger partial charge < -0.3 is 4.74 Å². The highest BCUT2D eigenvalue weighted by Crippen LogP contribution is 2.66. The summed E-state index contributed by atoms with van der Waals surface area (Å²) in [4.78, 5) is 23.7. The van der Waals surface area contributed by atoms with E-state index in [2.05, 4.69) is 13.8 Å². The van der Waals surface area contributed by atoms with Crippen molar-refractivity contribution >= 4 is 5.78 Å². The van der Waals surface area contributed by atoms with Gasteiger partial charge >= 0.3 is 0 Å². The predicted molar refractivity (Wildman–Crippen MR) is 86.0 cm³/mol. The summed E-state index contributed by atoms with van der Waals surface area (Å²) in [6.07, 6.45) is 6.32. The Kier molecular flexibility index (Phi) is 3.54. The van der Waals surface area contributed by atoms with E-state index in [0.717, 1.165) is 17.6 Å². The van der Waals surface area contributed by atoms with Gasteiger partial charge in [0.15, 0.2) is 5.76 Å². The standard InChI is InChI=1S/C18H21NO4/c1-10-6-5-7-13(19(21)22)8-12-9-14(23-4)17(20)18(3)11(2)16(18)15(10)12/h7-9,11,16H,5-6H2,1-4H3. The number of hydrogen-bond donors (Lipinski definition) is 0. The summed E-state index contributed by atoms with van der Waals surface area (Å²) >= 11 is 0. The number of ketones is 1. The van der Waals surface area contributed by atoms with Gasteiger partial charge in [-0.05, 0) is 49.0 Å². The zero-order valence-electron chi connectivity index (χ0n) is 13.9. The number of nitro groups is 1. The van der Waals surface area contributed by atoms with Gasteiger partial charge in [-0.3, -0.25) is 14.9 Å². The fourth-order valence-electron chi connectivity index (χ4n) is 4.05. The number of Topliss-reactive ketones (excluding diaryl/α,β-unsaturated/α-hetero) is 1. The molecule has 0 bridgehead atoms. The molecule has 3 aliphatic carbocycles. The molecule has 23 heavy (non-hydrogen) atoms. The summed E-state index contributed by atoms with van der Waals surface area (Å²) in [6.45, 7) is 6.11. The molecule has 5 heteroatoms. The number of carbonyl (C=O) groups excluding carboxylic acids is 1. The lowest BCUT2D eigenvalue weighted by Crippen LogP contribution is -2.18. The zero-order chi connectivity index (χ0) is 16.9. The number of hydrogen-bond acceptors (Lipinski definition) is 4. The van der Waals surface area contributed by atoms with Crippen LogP contribution in [0.5, 0.6) is 0 Å². The number of methoxy groups -OCH3 is 1. The molecule has 0 aliphatic heterocycles. The van der Waals surface area contributed by atoms with Crippen LogP contribution >= 0.6 is 0 Å². The van der Waals surface area contributed by atoms with E-state index < -0.39 is 5.41 Å². The minimum atomic E-state index is -0.467. The molecule has 3 rings (SSSR count). The van der Waals surface area contributed by atoms with Crippen molar-refractivity contribution < 1.29 is 14.5 Å². The zero-order valence-corrected chi connectivity index (χ0v) is 13.9. The Labute approximate surface area is 135 Å². The third-order valence-electron chi connectivity index (χ3n) is 5.67. The van der Waals surface area contributed by atoms with Gasteiger partial charge in [0.1, 0.15) is 0 Å². The summed E-state index contributed by atoms with van der Waals surface area (Å²) in [6, 6.07) is 0. The van der Waals surface area contributed by atoms with Crippen molar-refractivity contribution in [2.45, 2.75) is 33.6 Å². The lowest BCUT2D eigenvalue weighted by Gasteiger charge is -2.15. The Morgan fingerprint density at radius 3 is 2.70 bits per heavy atom. The van der Waals surface area contributed by atoms with Crippen LogP contribution in [0.15, 0.2) is 46.4 Å². The molecule has 122 valence electrons. The van der Waals surface area contributed by atoms with Crippen molar-refractivity contribution in [3.63, 3.8) is 0 Å². The first-order valence-electron chi connectivity index (χ1n) is 7.89. The summed E-state index contributed by atoms with van der Waals surface area (Å²) < 4.78 is 5.30. The molecule has 1 saturated carbocycles. The molecule has 3 aliphatic rings. The van der Waals surface area contributed by atoms with Crippen molar-refractivity contribution in [1.82, 2.24) is 0 Å². The van der Waals surface area contributed by atoms with Gasteiger partial charge in [-0.2, -0.15) is 0 Å². The Hall–Kier alpha value is -2.17. The molecule has 0 radical (unpaired) electrons. The topological polar surface area (TPSA) is 69.4 Å². The first-order valence-corrected chi connectivity index (χ1v) is 7.89. The summed E-state index contributed by atoms with van der Waals surface area (Å²) in [5.41, 5.74) is 2.66. The van der Waals surface area contributed by atoms with Gasteiger partial charge in [0, 0.05) is 17.4 Å². The normalized spacial score (nSPS) is 33.2. The maximum Gasteiger partial charge on any atom is 0.266 e. The van der Waals surface area contributed by atoms with Crippen LogP contribution in [-0.4, -0.2) is 17.8 Å². The molecule has 0 spiro atoms. The molecule has 0 amide bonds. The predicted octanol–water partition coefficient (Wildman–Crippen LogP) is 3.57. The van der Waals surface area contributed by atoms with Crippen LogP contribution in [0.25, 0.3) is 0 Å². The van der Waals surface area contributed by atoms with Crippen LogP contribution < -0.4 is 0 Å². The highest BCUT2D eigenvalue weighted by Gasteiger charge is 2.66. The molecular weight excluding hydrogens is 294 g/mol. The molecule has 0 saturated heterocycles. The van der Waals surface area contributed by atoms with Crippen LogP contribution in [0, 0.1) is 27.4 Å². The highest BCUT2D eigenvalue weighted by atomic mass is 16.6. The third-order valence-corrected chi connectivity index (χ3v) is 5.67. The number of ether oxygens (including phenoxy) is 1. The average Bonchev–Trinajstić information content (AvgIpc) is 3.05. The molecule has 1 fully saturated rings. The molecule has 3 atom stereocenters. The Bertz CT molecular complexity index is 725. The van der Waals surface area contributed by atoms with Crippen LogP contribution in [0.3, 0.4) is 0 Å². The molecule has 0 aromatic heterocycles. The van der Waals surface area contributed by atoms with E-state index in [9.17, 15) is 14.9 Å². The minimum Gasteiger partial charge on any atom is -0.493 e. The fourth-order valence-corrected chi connectivity index (χ4v) is 4.05. The molecule has 5 nitrogen and oxygen atoms in total. The van der Waals surface area contributed by atoms with Crippen molar-refractivity contribution in [3.05, 3.63) is 56.5 Å². The van der Waals surface area contributed by atoms with E-state index >= 15 is 0 Å². The van der Waals surface area contributed by atoms with Gasteiger partial charge in [-0.15, -0.1) is 0 Å². The van der Waals surface area contributed by atoms with Gasteiger partial charge in [-0.1, -0.05) is 19.4 Å². The lowest BCUT2D eigenvalue weighted by atomic mass is 9.89. The second-order valence-electron chi connectivity index (χ2n) is 6.81. The van der Waals surface area contributed by atoms with Crippen LogP contribution in [0.2, 0.25) is 0 Å². The Balaban J connectivity index is 2.24. The van der Waals surface area contributed by atoms with Crippen molar-refractivity contribution in [2.75, 3.05) is 7.11 Å². The van der Waals surface area contributed by atoms with E-state index in [1.165, 1.54) is 12.7 Å². The first-order chi connectivity index (χ1) is 10.8. The molecule has 0 heterocycles. The van der Waals surface area contributed by atoms with E-state index in [-0.39, 0.29) is 28.2 Å². The molecular formula is C18H21NO4. The summed E-state index contributed by atoms with van der Waals surface area (Å²) in [5.74, 6) is 0.608. The largest absolute Gasteiger partial charge is 0.493 e. The van der Waals surface area contributed by atoms with E-state index in [1.807, 2.05) is 6.92 Å². The van der Waals surface area contributed by atoms with E-state index in [0.29, 0.717) is 12.2 Å². The SMILES string of the molecule is COC1=CC2=CC([N+](=O)[O-])=CCCC(C)=C2C2C(C)C2(C)C1=O. The minimum absolute atomic E-state index is 0.00270. The summed E-state index contributed by atoms with van der Waals surface area (Å²) in [7, 11) is 1.48. The van der Waals surface area contributed by atoms with Gasteiger partial charge in [0.2, 0.25) is 5.78 Å². The second kappa shape index (κ2) is 5.18. The van der Waals surface area contributed by atoms with Gasteiger partial charge in [0.25, 0.3) is 5.70 Å². The maximum absolute atomic E-state index is 12.8. The number of fused-ring (bicyclic) bond motifs is 3. The van der Waals surface area contributed by atoms with E-state index in [1.54, 1.807) is 18.2 Å². The molecule has 3 unspecified atom stereocenters. The number of allylic oxidation sites excluding steroid dienone is 7. The number of rotatable bonds is 2. The van der Waals surface area contributed by atoms with Crippen LogP contribution in [0.4, 0.5) is 0 Å². The highest BCUT2D eigenvalue weighted by molar-refractivity contribution is 6.03. The van der Waals surface area contributed by atoms with E-state index in [4.69, 9.17) is 4.74 Å². The lowest BCUT2D eigenvalue weighted by molar-refractivity contribution is -0.419. The number of carbonyl (C=O) groups is 1. The smallest absolute Gasteiger partial charge is 0.266 e. The number of nitrogens with zero attached hydrogens (tertiary/aromatic N) is 1. The second-order valence-corrected chi connectivity index (χ2v) is 6.81. The van der Waals surface area contributed by atoms with Crippen molar-refractivity contribution in [3.8, 4) is 0 Å².